The third-order valence-corrected chi connectivity index (χ3v) is 2.35. The number of nitrogens with one attached hydrogen (secondary N) is 1. The Balaban J connectivity index is 2.24. The van der Waals surface area contributed by atoms with Crippen LogP contribution >= 0.6 is 0 Å². The van der Waals surface area contributed by atoms with Gasteiger partial charge >= 0.3 is 0 Å². The Morgan fingerprint density at radius 3 is 2.50 bits per heavy atom. The average Bonchev–Trinajstić information content (AvgIpc) is 1.96. The minimum atomic E-state index is -0.177. The summed E-state index contributed by atoms with van der Waals surface area (Å²) < 4.78 is 5.17. The smallest absolute Gasteiger partial charge is 0.0743 e. The van der Waals surface area contributed by atoms with Crippen LogP contribution in [0.4, 0.5) is 0 Å². The molecule has 0 unspecified atom stereocenters. The van der Waals surface area contributed by atoms with Gasteiger partial charge in [-0.2, -0.15) is 0 Å². The molecule has 1 saturated carbocycles. The van der Waals surface area contributed by atoms with E-state index in [1.54, 1.807) is 7.11 Å². The molecule has 0 heterocycles. The molecule has 0 aliphatic heterocycles. The second kappa shape index (κ2) is 3.47. The van der Waals surface area contributed by atoms with Crippen molar-refractivity contribution in [3.05, 3.63) is 0 Å². The maximum absolute atomic E-state index is 5.36. The van der Waals surface area contributed by atoms with Crippen molar-refractivity contribution < 1.29 is 4.74 Å². The van der Waals surface area contributed by atoms with Crippen LogP contribution in [0, 0.1) is 12.3 Å². The summed E-state index contributed by atoms with van der Waals surface area (Å²) in [6, 6.07) is 0.543. The number of terminal acetylenes is 1. The fourth-order valence-corrected chi connectivity index (χ4v) is 1.43. The molecular formula is C10H17NO. The maximum atomic E-state index is 5.36. The monoisotopic (exact) mass is 167 g/mol. The highest BCUT2D eigenvalue weighted by molar-refractivity contribution is 5.09. The number of rotatable bonds is 3. The molecule has 1 aliphatic carbocycles. The highest BCUT2D eigenvalue weighted by Crippen LogP contribution is 2.24. The van der Waals surface area contributed by atoms with E-state index in [-0.39, 0.29) is 5.54 Å². The van der Waals surface area contributed by atoms with Gasteiger partial charge in [0.2, 0.25) is 0 Å². The van der Waals surface area contributed by atoms with Gasteiger partial charge in [0, 0.05) is 13.2 Å². The Kier molecular flexibility index (Phi) is 2.76. The fourth-order valence-electron chi connectivity index (χ4n) is 1.43. The lowest BCUT2D eigenvalue weighted by Gasteiger charge is -2.38. The van der Waals surface area contributed by atoms with Gasteiger partial charge in [0.1, 0.15) is 0 Å². The van der Waals surface area contributed by atoms with Crippen molar-refractivity contribution >= 4 is 0 Å². The first-order chi connectivity index (χ1) is 5.57. The molecular weight excluding hydrogens is 150 g/mol. The summed E-state index contributed by atoms with van der Waals surface area (Å²) in [5.74, 6) is 2.72. The van der Waals surface area contributed by atoms with E-state index in [4.69, 9.17) is 11.2 Å². The molecule has 12 heavy (non-hydrogen) atoms. The van der Waals surface area contributed by atoms with Crippen LogP contribution in [0.2, 0.25) is 0 Å². The summed E-state index contributed by atoms with van der Waals surface area (Å²) in [7, 11) is 1.76. The third-order valence-electron chi connectivity index (χ3n) is 2.35. The van der Waals surface area contributed by atoms with Crippen LogP contribution < -0.4 is 5.32 Å². The zero-order valence-corrected chi connectivity index (χ0v) is 8.05. The van der Waals surface area contributed by atoms with E-state index in [1.165, 1.54) is 0 Å². The Morgan fingerprint density at radius 2 is 2.08 bits per heavy atom. The van der Waals surface area contributed by atoms with Crippen molar-refractivity contribution in [1.82, 2.24) is 5.32 Å². The minimum Gasteiger partial charge on any atom is -0.381 e. The van der Waals surface area contributed by atoms with E-state index in [2.05, 4.69) is 11.2 Å². The minimum absolute atomic E-state index is 0.177. The van der Waals surface area contributed by atoms with Crippen molar-refractivity contribution in [2.45, 2.75) is 44.4 Å². The summed E-state index contributed by atoms with van der Waals surface area (Å²) in [4.78, 5) is 0. The molecule has 1 rings (SSSR count). The standard InChI is InChI=1S/C10H17NO/c1-5-10(2,3)11-8-6-9(7-8)12-4/h1,8-9,11H,6-7H2,2-4H3. The van der Waals surface area contributed by atoms with Crippen LogP contribution in [0.1, 0.15) is 26.7 Å². The first-order valence-corrected chi connectivity index (χ1v) is 4.35. The Morgan fingerprint density at radius 1 is 1.50 bits per heavy atom. The lowest BCUT2D eigenvalue weighted by atomic mass is 9.87. The van der Waals surface area contributed by atoms with E-state index in [0.717, 1.165) is 12.8 Å². The number of hydrogen-bond acceptors (Lipinski definition) is 2. The first kappa shape index (κ1) is 9.57. The van der Waals surface area contributed by atoms with Crippen LogP contribution in [0.3, 0.4) is 0 Å². The largest absolute Gasteiger partial charge is 0.381 e. The van der Waals surface area contributed by atoms with Crippen molar-refractivity contribution in [2.24, 2.45) is 0 Å². The summed E-state index contributed by atoms with van der Waals surface area (Å²) >= 11 is 0. The fraction of sp³-hybridized carbons (Fsp3) is 0.800. The van der Waals surface area contributed by atoms with Crippen molar-refractivity contribution in [3.8, 4) is 12.3 Å². The van der Waals surface area contributed by atoms with Gasteiger partial charge in [-0.3, -0.25) is 5.32 Å². The molecule has 0 radical (unpaired) electrons. The molecule has 0 aromatic heterocycles. The second-order valence-electron chi connectivity index (χ2n) is 3.94. The number of hydrogen-bond donors (Lipinski definition) is 1. The topological polar surface area (TPSA) is 21.3 Å². The van der Waals surface area contributed by atoms with E-state index in [1.807, 2.05) is 13.8 Å². The highest BCUT2D eigenvalue weighted by Gasteiger charge is 2.32. The summed E-state index contributed by atoms with van der Waals surface area (Å²) in [5, 5.41) is 3.39. The molecule has 2 nitrogen and oxygen atoms in total. The lowest BCUT2D eigenvalue weighted by Crippen LogP contribution is -2.52. The van der Waals surface area contributed by atoms with E-state index in [0.29, 0.717) is 12.1 Å². The molecule has 2 heteroatoms. The molecule has 0 bridgehead atoms. The highest BCUT2D eigenvalue weighted by atomic mass is 16.5. The molecule has 0 saturated heterocycles. The molecule has 0 atom stereocenters. The Hall–Kier alpha value is -0.520. The number of ether oxygens (including phenoxy) is 1. The van der Waals surface area contributed by atoms with Crippen LogP contribution in [0.15, 0.2) is 0 Å². The Labute approximate surface area is 74.7 Å². The SMILES string of the molecule is C#CC(C)(C)NC1CC(OC)C1. The van der Waals surface area contributed by atoms with E-state index in [9.17, 15) is 0 Å². The zero-order chi connectivity index (χ0) is 9.19. The van der Waals surface area contributed by atoms with Crippen LogP contribution in [-0.4, -0.2) is 24.8 Å². The van der Waals surface area contributed by atoms with Gasteiger partial charge < -0.3 is 4.74 Å². The molecule has 68 valence electrons. The molecule has 1 fully saturated rings. The van der Waals surface area contributed by atoms with Crippen LogP contribution in [0.25, 0.3) is 0 Å². The second-order valence-corrected chi connectivity index (χ2v) is 3.94. The van der Waals surface area contributed by atoms with Crippen LogP contribution in [-0.2, 0) is 4.74 Å². The van der Waals surface area contributed by atoms with Crippen LogP contribution in [0.5, 0.6) is 0 Å². The first-order valence-electron chi connectivity index (χ1n) is 4.35. The molecule has 0 aromatic carbocycles. The summed E-state index contributed by atoms with van der Waals surface area (Å²) in [5.41, 5.74) is -0.177. The van der Waals surface area contributed by atoms with Gasteiger partial charge in [-0.15, -0.1) is 6.42 Å². The maximum Gasteiger partial charge on any atom is 0.0743 e. The van der Waals surface area contributed by atoms with Gasteiger partial charge in [0.05, 0.1) is 11.6 Å². The molecule has 1 N–H and O–H groups in total. The third kappa shape index (κ3) is 2.23. The van der Waals surface area contributed by atoms with Gasteiger partial charge in [0.15, 0.2) is 0 Å². The molecule has 0 aromatic rings. The predicted molar refractivity (Wildman–Crippen MR) is 49.9 cm³/mol. The van der Waals surface area contributed by atoms with Gasteiger partial charge in [-0.1, -0.05) is 5.92 Å². The van der Waals surface area contributed by atoms with Gasteiger partial charge in [-0.05, 0) is 26.7 Å². The molecule has 0 amide bonds. The van der Waals surface area contributed by atoms with E-state index < -0.39 is 0 Å². The van der Waals surface area contributed by atoms with Crippen molar-refractivity contribution in [1.29, 1.82) is 0 Å². The van der Waals surface area contributed by atoms with Gasteiger partial charge in [0.25, 0.3) is 0 Å². The Bertz CT molecular complexity index is 187. The average molecular weight is 167 g/mol. The zero-order valence-electron chi connectivity index (χ0n) is 8.05. The normalized spacial score (nSPS) is 29.2. The van der Waals surface area contributed by atoms with E-state index >= 15 is 0 Å². The molecule has 1 aliphatic rings. The van der Waals surface area contributed by atoms with Gasteiger partial charge in [-0.25, -0.2) is 0 Å². The van der Waals surface area contributed by atoms with Crippen molar-refractivity contribution in [2.75, 3.05) is 7.11 Å². The lowest BCUT2D eigenvalue weighted by molar-refractivity contribution is 0.0127. The summed E-state index contributed by atoms with van der Waals surface area (Å²) in [6.07, 6.45) is 7.97. The predicted octanol–water partition coefficient (Wildman–Crippen LogP) is 1.17. The number of methoxy groups -OCH3 is 1. The van der Waals surface area contributed by atoms with Crippen molar-refractivity contribution in [3.63, 3.8) is 0 Å². The summed E-state index contributed by atoms with van der Waals surface area (Å²) in [6.45, 7) is 4.04. The molecule has 0 spiro atoms. The quantitative estimate of drug-likeness (QED) is 0.637.